The van der Waals surface area contributed by atoms with Gasteiger partial charge in [-0.3, -0.25) is 0 Å². The van der Waals surface area contributed by atoms with Gasteiger partial charge in [0, 0.05) is 0 Å². The second-order valence-electron chi connectivity index (χ2n) is 9.82. The molecule has 8 nitrogen and oxygen atoms in total. The first-order valence-electron chi connectivity index (χ1n) is 12.7. The molecule has 0 radical (unpaired) electrons. The molecule has 38 heavy (non-hydrogen) atoms. The summed E-state index contributed by atoms with van der Waals surface area (Å²) in [6.07, 6.45) is 3.48. The lowest BCUT2D eigenvalue weighted by molar-refractivity contribution is 0.243. The van der Waals surface area contributed by atoms with Crippen LogP contribution in [-0.4, -0.2) is 42.8 Å². The number of anilines is 4. The smallest absolute Gasteiger partial charge is 0.229 e. The first kappa shape index (κ1) is 28.1. The fourth-order valence-electron chi connectivity index (χ4n) is 4.27. The average molecular weight is 562 g/mol. The largest absolute Gasteiger partial charge is 0.489 e. The second kappa shape index (κ2) is 11.8. The van der Waals surface area contributed by atoms with Crippen LogP contribution in [0.4, 0.5) is 27.5 Å². The lowest BCUT2D eigenvalue weighted by Crippen LogP contribution is -2.26. The van der Waals surface area contributed by atoms with E-state index in [4.69, 9.17) is 16.3 Å². The number of nitrogens with zero attached hydrogens (tertiary/aromatic N) is 2. The van der Waals surface area contributed by atoms with E-state index < -0.39 is 20.9 Å². The Bertz CT molecular complexity index is 1400. The topological polar surface area (TPSA) is 105 Å². The molecule has 2 heterocycles. The van der Waals surface area contributed by atoms with Gasteiger partial charge in [0.1, 0.15) is 16.6 Å². The first-order valence-corrected chi connectivity index (χ1v) is 14.6. The summed E-state index contributed by atoms with van der Waals surface area (Å²) in [4.78, 5) is 8.68. The summed E-state index contributed by atoms with van der Waals surface area (Å²) in [6, 6.07) is 9.54. The van der Waals surface area contributed by atoms with Crippen LogP contribution >= 0.6 is 11.6 Å². The molecule has 0 amide bonds. The third kappa shape index (κ3) is 6.54. The fourth-order valence-corrected chi connectivity index (χ4v) is 5.59. The van der Waals surface area contributed by atoms with Crippen LogP contribution in [0.15, 0.2) is 47.5 Å². The highest BCUT2D eigenvalue weighted by Crippen LogP contribution is 2.36. The number of rotatable bonds is 9. The van der Waals surface area contributed by atoms with E-state index in [0.717, 1.165) is 38.1 Å². The Morgan fingerprint density at radius 2 is 1.79 bits per heavy atom. The van der Waals surface area contributed by atoms with Crippen LogP contribution in [0.5, 0.6) is 5.75 Å². The van der Waals surface area contributed by atoms with Crippen LogP contribution in [0, 0.1) is 5.82 Å². The number of aromatic nitrogens is 2. The Morgan fingerprint density at radius 3 is 2.47 bits per heavy atom. The molecule has 0 spiro atoms. The van der Waals surface area contributed by atoms with Crippen LogP contribution in [-0.2, 0) is 9.84 Å². The quantitative estimate of drug-likeness (QED) is 0.265. The zero-order valence-corrected chi connectivity index (χ0v) is 23.5. The molecule has 0 bridgehead atoms. The summed E-state index contributed by atoms with van der Waals surface area (Å²) < 4.78 is 45.9. The lowest BCUT2D eigenvalue weighted by Gasteiger charge is -2.24. The number of benzene rings is 2. The van der Waals surface area contributed by atoms with Gasteiger partial charge < -0.3 is 20.7 Å². The van der Waals surface area contributed by atoms with Crippen LogP contribution in [0.25, 0.3) is 0 Å². The molecule has 0 saturated carbocycles. The molecule has 0 aliphatic carbocycles. The van der Waals surface area contributed by atoms with Gasteiger partial charge in [-0.15, -0.1) is 0 Å². The maximum Gasteiger partial charge on any atom is 0.229 e. The van der Waals surface area contributed by atoms with E-state index in [9.17, 15) is 12.8 Å². The van der Waals surface area contributed by atoms with Crippen LogP contribution in [0.3, 0.4) is 0 Å². The van der Waals surface area contributed by atoms with E-state index in [2.05, 4.69) is 38.1 Å². The summed E-state index contributed by atoms with van der Waals surface area (Å²) in [5.74, 6) is 0.893. The van der Waals surface area contributed by atoms with Gasteiger partial charge in [0.15, 0.2) is 15.7 Å². The summed E-state index contributed by atoms with van der Waals surface area (Å²) >= 11 is 6.34. The minimum Gasteiger partial charge on any atom is -0.489 e. The van der Waals surface area contributed by atoms with Crippen molar-refractivity contribution < 1.29 is 17.5 Å². The van der Waals surface area contributed by atoms with Crippen LogP contribution in [0.1, 0.15) is 52.0 Å². The van der Waals surface area contributed by atoms with Crippen molar-refractivity contribution in [2.75, 3.05) is 23.7 Å². The first-order chi connectivity index (χ1) is 18.0. The Hall–Kier alpha value is -2.95. The molecule has 204 valence electrons. The van der Waals surface area contributed by atoms with E-state index in [1.54, 1.807) is 13.8 Å². The SMILES string of the molecule is CC(C)Oc1cc(C2CCNCC2)ccc1Nc1ncc(Cl)c(Nc2cc(F)ccc2S(=O)(=O)C(C)C)n1. The van der Waals surface area contributed by atoms with Gasteiger partial charge in [-0.1, -0.05) is 17.7 Å². The van der Waals surface area contributed by atoms with Crippen molar-refractivity contribution in [3.8, 4) is 5.75 Å². The number of nitrogens with one attached hydrogen (secondary N) is 3. The molecule has 1 aliphatic heterocycles. The molecule has 1 aromatic heterocycles. The normalized spacial score (nSPS) is 14.6. The number of piperidine rings is 1. The van der Waals surface area contributed by atoms with Gasteiger partial charge in [-0.25, -0.2) is 17.8 Å². The van der Waals surface area contributed by atoms with Gasteiger partial charge in [0.05, 0.1) is 33.8 Å². The van der Waals surface area contributed by atoms with Crippen molar-refractivity contribution >= 4 is 44.6 Å². The molecule has 4 rings (SSSR count). The molecule has 11 heteroatoms. The molecule has 1 fully saturated rings. The van der Waals surface area contributed by atoms with Gasteiger partial charge in [0.25, 0.3) is 0 Å². The monoisotopic (exact) mass is 561 g/mol. The predicted molar refractivity (Wildman–Crippen MR) is 149 cm³/mol. The third-order valence-electron chi connectivity index (χ3n) is 6.29. The highest BCUT2D eigenvalue weighted by molar-refractivity contribution is 7.92. The van der Waals surface area contributed by atoms with E-state index >= 15 is 0 Å². The summed E-state index contributed by atoms with van der Waals surface area (Å²) in [5.41, 5.74) is 1.94. The Kier molecular flexibility index (Phi) is 8.74. The van der Waals surface area contributed by atoms with Crippen LogP contribution in [0.2, 0.25) is 5.02 Å². The van der Waals surface area contributed by atoms with Crippen molar-refractivity contribution in [3.05, 3.63) is 59.0 Å². The van der Waals surface area contributed by atoms with Gasteiger partial charge in [-0.05, 0) is 95.4 Å². The molecular weight excluding hydrogens is 529 g/mol. The predicted octanol–water partition coefficient (Wildman–Crippen LogP) is 6.19. The number of sulfone groups is 1. The van der Waals surface area contributed by atoms with Crippen molar-refractivity contribution in [2.24, 2.45) is 0 Å². The molecule has 3 N–H and O–H groups in total. The highest BCUT2D eigenvalue weighted by atomic mass is 35.5. The molecule has 2 aromatic carbocycles. The Labute approximate surface area is 228 Å². The number of ether oxygens (including phenoxy) is 1. The fraction of sp³-hybridized carbons (Fsp3) is 0.407. The molecule has 0 atom stereocenters. The molecule has 1 aliphatic rings. The van der Waals surface area contributed by atoms with Crippen LogP contribution < -0.4 is 20.7 Å². The summed E-state index contributed by atoms with van der Waals surface area (Å²) in [7, 11) is -3.70. The van der Waals surface area contributed by atoms with E-state index in [0.29, 0.717) is 17.4 Å². The molecule has 0 unspecified atom stereocenters. The van der Waals surface area contributed by atoms with Crippen molar-refractivity contribution in [3.63, 3.8) is 0 Å². The lowest BCUT2D eigenvalue weighted by atomic mass is 9.90. The standard InChI is InChI=1S/C27H33ClFN5O3S/c1-16(2)37-24-13-19(18-9-11-30-12-10-18)5-7-22(24)33-27-31-15-21(28)26(34-27)32-23-14-20(29)6-8-25(23)38(35,36)17(3)4/h5-8,13-18,30H,9-12H2,1-4H3,(H2,31,32,33,34). The van der Waals surface area contributed by atoms with Gasteiger partial charge in [-0.2, -0.15) is 4.98 Å². The Balaban J connectivity index is 1.65. The molecule has 3 aromatic rings. The van der Waals surface area contributed by atoms with E-state index in [1.165, 1.54) is 17.8 Å². The van der Waals surface area contributed by atoms with Crippen molar-refractivity contribution in [1.29, 1.82) is 0 Å². The third-order valence-corrected chi connectivity index (χ3v) is 8.78. The second-order valence-corrected chi connectivity index (χ2v) is 12.7. The number of hydrogen-bond donors (Lipinski definition) is 3. The number of hydrogen-bond acceptors (Lipinski definition) is 8. The zero-order chi connectivity index (χ0) is 27.4. The number of halogens is 2. The van der Waals surface area contributed by atoms with Gasteiger partial charge >= 0.3 is 0 Å². The van der Waals surface area contributed by atoms with Crippen molar-refractivity contribution in [1.82, 2.24) is 15.3 Å². The summed E-state index contributed by atoms with van der Waals surface area (Å²) in [6.45, 7) is 9.04. The maximum atomic E-state index is 14.1. The molecular formula is C27H33ClFN5O3S. The Morgan fingerprint density at radius 1 is 1.05 bits per heavy atom. The van der Waals surface area contributed by atoms with E-state index in [-0.39, 0.29) is 33.5 Å². The highest BCUT2D eigenvalue weighted by Gasteiger charge is 2.24. The summed E-state index contributed by atoms with van der Waals surface area (Å²) in [5, 5.41) is 8.92. The molecule has 1 saturated heterocycles. The van der Waals surface area contributed by atoms with Crippen molar-refractivity contribution in [2.45, 2.75) is 62.7 Å². The van der Waals surface area contributed by atoms with Gasteiger partial charge in [0.2, 0.25) is 5.95 Å². The zero-order valence-electron chi connectivity index (χ0n) is 21.9. The average Bonchev–Trinajstić information content (AvgIpc) is 2.87. The maximum absolute atomic E-state index is 14.1. The minimum atomic E-state index is -3.70. The van der Waals surface area contributed by atoms with E-state index in [1.807, 2.05) is 19.9 Å². The minimum absolute atomic E-state index is 0.0420.